The number of anilines is 3. The minimum absolute atomic E-state index is 0.517. The lowest BCUT2D eigenvalue weighted by Gasteiger charge is -2.35. The number of rotatable bonds is 8. The summed E-state index contributed by atoms with van der Waals surface area (Å²) in [5, 5.41) is 2.44. The fourth-order valence-electron chi connectivity index (χ4n) is 11.0. The van der Waals surface area contributed by atoms with Gasteiger partial charge in [-0.3, -0.25) is 0 Å². The third-order valence-corrected chi connectivity index (χ3v) is 14.0. The molecule has 0 radical (unpaired) electrons. The van der Waals surface area contributed by atoms with Gasteiger partial charge in [0, 0.05) is 16.9 Å². The highest BCUT2D eigenvalue weighted by molar-refractivity contribution is 6.00. The molecule has 0 heterocycles. The van der Waals surface area contributed by atoms with Gasteiger partial charge in [0.15, 0.2) is 0 Å². The van der Waals surface area contributed by atoms with Crippen LogP contribution in [0.25, 0.3) is 44.2 Å². The van der Waals surface area contributed by atoms with E-state index in [1.807, 2.05) is 0 Å². The first kappa shape index (κ1) is 38.0. The Kier molecular flexibility index (Phi) is 9.69. The van der Waals surface area contributed by atoms with E-state index in [1.54, 1.807) is 0 Å². The second kappa shape index (κ2) is 15.8. The lowest BCUT2D eigenvalue weighted by Crippen LogP contribution is -2.28. The second-order valence-corrected chi connectivity index (χ2v) is 17.6. The largest absolute Gasteiger partial charge is 0.310 e. The molecular formula is C61H51N. The molecule has 0 amide bonds. The van der Waals surface area contributed by atoms with Crippen molar-refractivity contribution < 1.29 is 0 Å². The molecule has 0 aliphatic heterocycles. The quantitative estimate of drug-likeness (QED) is 0.148. The first-order valence-electron chi connectivity index (χ1n) is 22.5. The van der Waals surface area contributed by atoms with E-state index in [0.29, 0.717) is 5.92 Å². The standard InChI is InChI=1S/C61H51N/c1-42-17-12-15-27-54(42)56-39-48-21-13-14-22-49(48)40-59(56)62(52-35-33-47(34-36-52)46-31-29-45(30-32-46)44-19-6-3-7-20-44)53-37-38-55-58(41-53)61(50-23-8-4-9-24-50,51-25-10-5-11-26-51)57-28-16-18-43(2)60(55)57/h4-5,8-18,21-41,44H,3,6-7,19-20H2,1-2H3. The number of hydrogen-bond acceptors (Lipinski definition) is 1. The SMILES string of the molecule is Cc1ccccc1-c1cc2ccccc2cc1N(c1ccc(-c2ccc(C3CCCCC3)cc2)cc1)c1ccc2c(c1)C(c1ccccc1)(c1ccccc1)c1cccc(C)c1-2. The number of hydrogen-bond donors (Lipinski definition) is 0. The van der Waals surface area contributed by atoms with Crippen LogP contribution in [-0.4, -0.2) is 0 Å². The molecular weight excluding hydrogens is 747 g/mol. The zero-order chi connectivity index (χ0) is 41.6. The van der Waals surface area contributed by atoms with Crippen LogP contribution in [0.5, 0.6) is 0 Å². The summed E-state index contributed by atoms with van der Waals surface area (Å²) in [6.45, 7) is 4.50. The topological polar surface area (TPSA) is 3.24 Å². The van der Waals surface area contributed by atoms with E-state index >= 15 is 0 Å². The fraction of sp³-hybridized carbons (Fsp3) is 0.148. The Morgan fingerprint density at radius 1 is 0.419 bits per heavy atom. The summed E-state index contributed by atoms with van der Waals surface area (Å²) in [6, 6.07) is 77.6. The van der Waals surface area contributed by atoms with Crippen molar-refractivity contribution in [1.82, 2.24) is 0 Å². The number of aryl methyl sites for hydroxylation is 2. The van der Waals surface area contributed by atoms with Gasteiger partial charge < -0.3 is 4.90 Å². The van der Waals surface area contributed by atoms with Crippen LogP contribution in [0.3, 0.4) is 0 Å². The van der Waals surface area contributed by atoms with E-state index in [0.717, 1.165) is 17.1 Å². The van der Waals surface area contributed by atoms with Gasteiger partial charge in [0.25, 0.3) is 0 Å². The van der Waals surface area contributed by atoms with Crippen LogP contribution in [0.1, 0.15) is 77.0 Å². The van der Waals surface area contributed by atoms with Gasteiger partial charge in [-0.25, -0.2) is 0 Å². The number of nitrogens with zero attached hydrogens (tertiary/aromatic N) is 1. The van der Waals surface area contributed by atoms with Gasteiger partial charge in [-0.05, 0) is 147 Å². The molecule has 1 heteroatoms. The fourth-order valence-corrected chi connectivity index (χ4v) is 11.0. The van der Waals surface area contributed by atoms with Crippen LogP contribution < -0.4 is 4.90 Å². The lowest BCUT2D eigenvalue weighted by molar-refractivity contribution is 0.443. The van der Waals surface area contributed by atoms with Gasteiger partial charge in [0.05, 0.1) is 11.1 Å². The molecule has 0 atom stereocenters. The highest BCUT2D eigenvalue weighted by Crippen LogP contribution is 2.58. The van der Waals surface area contributed by atoms with Crippen LogP contribution in [0, 0.1) is 13.8 Å². The van der Waals surface area contributed by atoms with Gasteiger partial charge in [0.2, 0.25) is 0 Å². The third kappa shape index (κ3) is 6.38. The maximum atomic E-state index is 2.51. The molecule has 0 spiro atoms. The number of fused-ring (bicyclic) bond motifs is 4. The molecule has 0 unspecified atom stereocenters. The predicted octanol–water partition coefficient (Wildman–Crippen LogP) is 16.7. The molecule has 0 aromatic heterocycles. The normalized spacial score (nSPS) is 14.4. The first-order valence-corrected chi connectivity index (χ1v) is 22.5. The van der Waals surface area contributed by atoms with Gasteiger partial charge in [-0.15, -0.1) is 0 Å². The van der Waals surface area contributed by atoms with E-state index in [4.69, 9.17) is 0 Å². The Balaban J connectivity index is 1.14. The molecule has 2 aliphatic rings. The van der Waals surface area contributed by atoms with Crippen molar-refractivity contribution in [2.75, 3.05) is 4.90 Å². The second-order valence-electron chi connectivity index (χ2n) is 17.6. The molecule has 300 valence electrons. The zero-order valence-corrected chi connectivity index (χ0v) is 35.7. The first-order chi connectivity index (χ1) is 30.6. The highest BCUT2D eigenvalue weighted by Gasteiger charge is 2.47. The Morgan fingerprint density at radius 3 is 1.68 bits per heavy atom. The molecule has 9 aromatic rings. The maximum Gasteiger partial charge on any atom is 0.0714 e. The molecule has 2 aliphatic carbocycles. The van der Waals surface area contributed by atoms with Gasteiger partial charge in [-0.1, -0.05) is 189 Å². The Hall–Kier alpha value is -6.96. The molecule has 11 rings (SSSR count). The summed E-state index contributed by atoms with van der Waals surface area (Å²) in [6.07, 6.45) is 6.71. The molecule has 62 heavy (non-hydrogen) atoms. The van der Waals surface area contributed by atoms with Crippen molar-refractivity contribution >= 4 is 27.8 Å². The zero-order valence-electron chi connectivity index (χ0n) is 35.7. The molecule has 0 saturated heterocycles. The average molecular weight is 798 g/mol. The van der Waals surface area contributed by atoms with Crippen molar-refractivity contribution in [2.45, 2.75) is 57.3 Å². The van der Waals surface area contributed by atoms with Crippen molar-refractivity contribution in [3.8, 4) is 33.4 Å². The van der Waals surface area contributed by atoms with Crippen molar-refractivity contribution in [2.24, 2.45) is 0 Å². The highest BCUT2D eigenvalue weighted by atomic mass is 15.1. The maximum absolute atomic E-state index is 2.51. The monoisotopic (exact) mass is 797 g/mol. The van der Waals surface area contributed by atoms with Crippen LogP contribution in [-0.2, 0) is 5.41 Å². The summed E-state index contributed by atoms with van der Waals surface area (Å²) >= 11 is 0. The summed E-state index contributed by atoms with van der Waals surface area (Å²) in [7, 11) is 0. The Morgan fingerprint density at radius 2 is 1.00 bits per heavy atom. The Bertz CT molecular complexity index is 3010. The van der Waals surface area contributed by atoms with Crippen LogP contribution >= 0.6 is 0 Å². The molecule has 0 bridgehead atoms. The average Bonchev–Trinajstić information content (AvgIpc) is 3.64. The van der Waals surface area contributed by atoms with Crippen LogP contribution in [0.15, 0.2) is 206 Å². The van der Waals surface area contributed by atoms with E-state index in [-0.39, 0.29) is 0 Å². The van der Waals surface area contributed by atoms with E-state index in [1.165, 1.54) is 115 Å². The Labute approximate surface area is 367 Å². The molecule has 1 saturated carbocycles. The van der Waals surface area contributed by atoms with Crippen LogP contribution in [0.4, 0.5) is 17.1 Å². The summed E-state index contributed by atoms with van der Waals surface area (Å²) in [5.41, 5.74) is 19.6. The van der Waals surface area contributed by atoms with E-state index in [9.17, 15) is 0 Å². The molecule has 0 N–H and O–H groups in total. The van der Waals surface area contributed by atoms with Gasteiger partial charge >= 0.3 is 0 Å². The summed E-state index contributed by atoms with van der Waals surface area (Å²) in [5.74, 6) is 0.699. The van der Waals surface area contributed by atoms with Crippen molar-refractivity contribution in [3.05, 3.63) is 245 Å². The van der Waals surface area contributed by atoms with Gasteiger partial charge in [-0.2, -0.15) is 0 Å². The minimum atomic E-state index is -0.517. The molecule has 1 fully saturated rings. The summed E-state index contributed by atoms with van der Waals surface area (Å²) < 4.78 is 0. The van der Waals surface area contributed by atoms with Crippen LogP contribution in [0.2, 0.25) is 0 Å². The van der Waals surface area contributed by atoms with Crippen molar-refractivity contribution in [3.63, 3.8) is 0 Å². The number of benzene rings is 9. The molecule has 9 aromatic carbocycles. The lowest BCUT2D eigenvalue weighted by atomic mass is 9.67. The minimum Gasteiger partial charge on any atom is -0.310 e. The summed E-state index contributed by atoms with van der Waals surface area (Å²) in [4.78, 5) is 2.51. The third-order valence-electron chi connectivity index (χ3n) is 14.0. The van der Waals surface area contributed by atoms with Crippen molar-refractivity contribution in [1.29, 1.82) is 0 Å². The predicted molar refractivity (Wildman–Crippen MR) is 262 cm³/mol. The smallest absolute Gasteiger partial charge is 0.0714 e. The molecule has 1 nitrogen and oxygen atoms in total. The van der Waals surface area contributed by atoms with E-state index in [2.05, 4.69) is 225 Å². The van der Waals surface area contributed by atoms with E-state index < -0.39 is 5.41 Å². The van der Waals surface area contributed by atoms with Gasteiger partial charge in [0.1, 0.15) is 0 Å².